The number of hydrogen-bond donors (Lipinski definition) is 2. The molecule has 5 nitrogen and oxygen atoms in total. The summed E-state index contributed by atoms with van der Waals surface area (Å²) in [6.45, 7) is 4.28. The number of hydrogen-bond acceptors (Lipinski definition) is 3. The van der Waals surface area contributed by atoms with E-state index in [0.29, 0.717) is 12.2 Å². The van der Waals surface area contributed by atoms with Gasteiger partial charge in [-0.25, -0.2) is 9.18 Å². The van der Waals surface area contributed by atoms with Crippen molar-refractivity contribution in [2.24, 2.45) is 7.05 Å². The molecule has 0 amide bonds. The molecule has 0 aliphatic rings. The summed E-state index contributed by atoms with van der Waals surface area (Å²) >= 11 is 0. The van der Waals surface area contributed by atoms with Gasteiger partial charge in [0.2, 0.25) is 0 Å². The van der Waals surface area contributed by atoms with Crippen LogP contribution in [0.4, 0.5) is 10.1 Å². The molecule has 0 fully saturated rings. The molecule has 2 rings (SSSR count). The van der Waals surface area contributed by atoms with Crippen LogP contribution in [-0.4, -0.2) is 20.9 Å². The molecule has 0 saturated carbocycles. The maximum absolute atomic E-state index is 13.1. The first-order valence-corrected chi connectivity index (χ1v) is 6.16. The normalized spacial score (nSPS) is 10.6. The molecule has 2 N–H and O–H groups in total. The van der Waals surface area contributed by atoms with E-state index in [2.05, 4.69) is 10.4 Å². The average Bonchev–Trinajstić information content (AvgIpc) is 2.62. The number of nitrogens with zero attached hydrogens (tertiary/aromatic N) is 2. The molecule has 0 unspecified atom stereocenters. The van der Waals surface area contributed by atoms with Gasteiger partial charge in [0.15, 0.2) is 0 Å². The molecule has 1 aromatic heterocycles. The Morgan fingerprint density at radius 1 is 1.45 bits per heavy atom. The van der Waals surface area contributed by atoms with Crippen LogP contribution in [0.15, 0.2) is 18.2 Å². The van der Waals surface area contributed by atoms with Crippen molar-refractivity contribution < 1.29 is 14.3 Å². The van der Waals surface area contributed by atoms with Gasteiger partial charge in [-0.3, -0.25) is 4.68 Å². The van der Waals surface area contributed by atoms with Crippen molar-refractivity contribution in [3.63, 3.8) is 0 Å². The molecule has 1 aromatic carbocycles. The first-order valence-electron chi connectivity index (χ1n) is 6.16. The van der Waals surface area contributed by atoms with Gasteiger partial charge in [-0.2, -0.15) is 5.10 Å². The van der Waals surface area contributed by atoms with Crippen molar-refractivity contribution in [3.8, 4) is 0 Å². The number of nitrogens with one attached hydrogen (secondary N) is 1. The second-order valence-electron chi connectivity index (χ2n) is 4.62. The molecule has 0 aliphatic carbocycles. The molecule has 2 aromatic rings. The van der Waals surface area contributed by atoms with E-state index in [1.54, 1.807) is 4.68 Å². The third-order valence-corrected chi connectivity index (χ3v) is 3.33. The Kier molecular flexibility index (Phi) is 3.74. The van der Waals surface area contributed by atoms with Crippen LogP contribution < -0.4 is 5.32 Å². The van der Waals surface area contributed by atoms with E-state index >= 15 is 0 Å². The number of aryl methyl sites for hydroxylation is 2. The van der Waals surface area contributed by atoms with Crippen LogP contribution in [0, 0.1) is 19.7 Å². The van der Waals surface area contributed by atoms with Crippen molar-refractivity contribution in [1.29, 1.82) is 0 Å². The van der Waals surface area contributed by atoms with Crippen molar-refractivity contribution in [1.82, 2.24) is 9.78 Å². The first-order chi connectivity index (χ1) is 9.40. The lowest BCUT2D eigenvalue weighted by Gasteiger charge is -2.10. The molecule has 0 saturated heterocycles. The number of aromatic carboxylic acids is 1. The fraction of sp³-hybridized carbons (Fsp3) is 0.286. The summed E-state index contributed by atoms with van der Waals surface area (Å²) in [5.41, 5.74) is 3.21. The number of benzene rings is 1. The smallest absolute Gasteiger partial charge is 0.337 e. The second-order valence-corrected chi connectivity index (χ2v) is 4.62. The van der Waals surface area contributed by atoms with Crippen LogP contribution in [0.1, 0.15) is 27.3 Å². The van der Waals surface area contributed by atoms with Gasteiger partial charge in [0, 0.05) is 30.5 Å². The van der Waals surface area contributed by atoms with Gasteiger partial charge in [0.05, 0.1) is 11.3 Å². The van der Waals surface area contributed by atoms with Crippen LogP contribution in [-0.2, 0) is 13.6 Å². The Morgan fingerprint density at radius 3 is 2.70 bits per heavy atom. The zero-order chi connectivity index (χ0) is 14.9. The fourth-order valence-electron chi connectivity index (χ4n) is 2.10. The number of aromatic nitrogens is 2. The second kappa shape index (κ2) is 5.32. The highest BCUT2D eigenvalue weighted by atomic mass is 19.1. The zero-order valence-corrected chi connectivity index (χ0v) is 11.6. The molecule has 0 radical (unpaired) electrons. The minimum atomic E-state index is -1.16. The van der Waals surface area contributed by atoms with E-state index in [4.69, 9.17) is 5.11 Å². The molecule has 0 bridgehead atoms. The number of carbonyl (C=O) groups is 1. The Hall–Kier alpha value is -2.37. The van der Waals surface area contributed by atoms with Gasteiger partial charge in [0.1, 0.15) is 5.82 Å². The number of carboxylic acid groups (broad SMARTS) is 1. The average molecular weight is 277 g/mol. The van der Waals surface area contributed by atoms with Gasteiger partial charge in [-0.1, -0.05) is 0 Å². The Labute approximate surface area is 116 Å². The monoisotopic (exact) mass is 277 g/mol. The number of halogens is 1. The third kappa shape index (κ3) is 2.64. The summed E-state index contributed by atoms with van der Waals surface area (Å²) in [6, 6.07) is 3.67. The van der Waals surface area contributed by atoms with Crippen molar-refractivity contribution in [2.45, 2.75) is 20.4 Å². The van der Waals surface area contributed by atoms with Crippen LogP contribution in [0.5, 0.6) is 0 Å². The Bertz CT molecular complexity index is 665. The van der Waals surface area contributed by atoms with E-state index in [1.807, 2.05) is 20.9 Å². The summed E-state index contributed by atoms with van der Waals surface area (Å²) in [5, 5.41) is 16.4. The predicted molar refractivity (Wildman–Crippen MR) is 73.4 cm³/mol. The van der Waals surface area contributed by atoms with Crippen molar-refractivity contribution >= 4 is 11.7 Å². The fourth-order valence-corrected chi connectivity index (χ4v) is 2.10. The predicted octanol–water partition coefficient (Wildman–Crippen LogP) is 2.49. The summed E-state index contributed by atoms with van der Waals surface area (Å²) in [7, 11) is 1.85. The largest absolute Gasteiger partial charge is 0.478 e. The Morgan fingerprint density at radius 2 is 2.15 bits per heavy atom. The Balaban J connectivity index is 2.25. The lowest BCUT2D eigenvalue weighted by atomic mass is 10.1. The quantitative estimate of drug-likeness (QED) is 0.901. The highest BCUT2D eigenvalue weighted by molar-refractivity contribution is 5.94. The number of anilines is 1. The van der Waals surface area contributed by atoms with Crippen LogP contribution >= 0.6 is 0 Å². The van der Waals surface area contributed by atoms with E-state index < -0.39 is 11.8 Å². The van der Waals surface area contributed by atoms with E-state index in [9.17, 15) is 9.18 Å². The SMILES string of the molecule is Cc1nn(C)c(C)c1CNc1ccc(F)cc1C(=O)O. The van der Waals surface area contributed by atoms with E-state index in [1.165, 1.54) is 12.1 Å². The minimum Gasteiger partial charge on any atom is -0.478 e. The lowest BCUT2D eigenvalue weighted by Crippen LogP contribution is -2.08. The number of carboxylic acids is 1. The minimum absolute atomic E-state index is 0.0794. The van der Waals surface area contributed by atoms with Gasteiger partial charge in [-0.05, 0) is 32.0 Å². The molecule has 20 heavy (non-hydrogen) atoms. The molecular weight excluding hydrogens is 261 g/mol. The molecule has 6 heteroatoms. The number of rotatable bonds is 4. The van der Waals surface area contributed by atoms with Crippen LogP contribution in [0.2, 0.25) is 0 Å². The highest BCUT2D eigenvalue weighted by Crippen LogP contribution is 2.20. The summed E-state index contributed by atoms with van der Waals surface area (Å²) in [4.78, 5) is 11.1. The van der Waals surface area contributed by atoms with Gasteiger partial charge in [-0.15, -0.1) is 0 Å². The standard InChI is InChI=1S/C14H16FN3O2/c1-8-12(9(2)18(3)17-8)7-16-13-5-4-10(15)6-11(13)14(19)20/h4-6,16H,7H2,1-3H3,(H,19,20). The highest BCUT2D eigenvalue weighted by Gasteiger charge is 2.13. The van der Waals surface area contributed by atoms with Gasteiger partial charge in [0.25, 0.3) is 0 Å². The zero-order valence-electron chi connectivity index (χ0n) is 11.6. The lowest BCUT2D eigenvalue weighted by molar-refractivity contribution is 0.0697. The third-order valence-electron chi connectivity index (χ3n) is 3.33. The molecule has 106 valence electrons. The van der Waals surface area contributed by atoms with Gasteiger partial charge >= 0.3 is 5.97 Å². The maximum atomic E-state index is 13.1. The van der Waals surface area contributed by atoms with E-state index in [-0.39, 0.29) is 5.56 Å². The topological polar surface area (TPSA) is 67.2 Å². The van der Waals surface area contributed by atoms with E-state index in [0.717, 1.165) is 23.0 Å². The summed E-state index contributed by atoms with van der Waals surface area (Å²) < 4.78 is 14.9. The summed E-state index contributed by atoms with van der Waals surface area (Å²) in [5.74, 6) is -1.73. The van der Waals surface area contributed by atoms with Crippen LogP contribution in [0.3, 0.4) is 0 Å². The first kappa shape index (κ1) is 14.0. The summed E-state index contributed by atoms with van der Waals surface area (Å²) in [6.07, 6.45) is 0. The maximum Gasteiger partial charge on any atom is 0.337 e. The van der Waals surface area contributed by atoms with Crippen LogP contribution in [0.25, 0.3) is 0 Å². The molecule has 0 spiro atoms. The molecule has 0 atom stereocenters. The molecule has 0 aliphatic heterocycles. The van der Waals surface area contributed by atoms with Crippen molar-refractivity contribution in [3.05, 3.63) is 46.5 Å². The molecule has 1 heterocycles. The van der Waals surface area contributed by atoms with Crippen molar-refractivity contribution in [2.75, 3.05) is 5.32 Å². The van der Waals surface area contributed by atoms with Gasteiger partial charge < -0.3 is 10.4 Å². The molecular formula is C14H16FN3O2.